The molecule has 2 aromatic carbocycles. The summed E-state index contributed by atoms with van der Waals surface area (Å²) in [7, 11) is 0. The van der Waals surface area contributed by atoms with E-state index in [1.165, 1.54) is 0 Å². The lowest BCUT2D eigenvalue weighted by atomic mass is 10.2. The van der Waals surface area contributed by atoms with E-state index in [0.717, 1.165) is 6.42 Å². The third kappa shape index (κ3) is 6.71. The molecule has 2 aromatic rings. The van der Waals surface area contributed by atoms with E-state index in [0.29, 0.717) is 29.4 Å². The molecule has 0 aliphatic heterocycles. The molecule has 27 heavy (non-hydrogen) atoms. The van der Waals surface area contributed by atoms with Crippen molar-refractivity contribution >= 4 is 17.6 Å². The van der Waals surface area contributed by atoms with E-state index in [1.54, 1.807) is 42.5 Å². The first-order chi connectivity index (χ1) is 13.1. The second-order valence-corrected chi connectivity index (χ2v) is 5.48. The minimum atomic E-state index is -0.671. The van der Waals surface area contributed by atoms with Crippen molar-refractivity contribution in [1.82, 2.24) is 0 Å². The van der Waals surface area contributed by atoms with Crippen LogP contribution in [-0.2, 0) is 14.3 Å². The molecule has 0 saturated carbocycles. The Morgan fingerprint density at radius 1 is 1.00 bits per heavy atom. The fourth-order valence-electron chi connectivity index (χ4n) is 2.05. The summed E-state index contributed by atoms with van der Waals surface area (Å²) in [6.45, 7) is 1.76. The average Bonchev–Trinajstić information content (AvgIpc) is 2.70. The van der Waals surface area contributed by atoms with Crippen LogP contribution in [0.15, 0.2) is 48.5 Å². The second kappa shape index (κ2) is 10.5. The van der Waals surface area contributed by atoms with E-state index >= 15 is 0 Å². The first kappa shape index (κ1) is 19.8. The molecule has 0 unspecified atom stereocenters. The number of amides is 1. The Morgan fingerprint density at radius 2 is 1.67 bits per heavy atom. The van der Waals surface area contributed by atoms with Gasteiger partial charge < -0.3 is 19.5 Å². The van der Waals surface area contributed by atoms with Crippen LogP contribution >= 0.6 is 0 Å². The largest absolute Gasteiger partial charge is 0.490 e. The second-order valence-electron chi connectivity index (χ2n) is 5.48. The fourth-order valence-corrected chi connectivity index (χ4v) is 2.05. The zero-order chi connectivity index (χ0) is 19.5. The number of ether oxygens (including phenoxy) is 3. The van der Waals surface area contributed by atoms with Crippen molar-refractivity contribution in [1.29, 1.82) is 5.26 Å². The van der Waals surface area contributed by atoms with Crippen LogP contribution in [0.25, 0.3) is 0 Å². The molecule has 0 aromatic heterocycles. The number of carbonyl (C=O) groups excluding carboxylic acids is 2. The van der Waals surface area contributed by atoms with Gasteiger partial charge in [-0.3, -0.25) is 4.79 Å². The van der Waals surface area contributed by atoms with Gasteiger partial charge in [0.05, 0.1) is 18.2 Å². The van der Waals surface area contributed by atoms with E-state index < -0.39 is 18.5 Å². The van der Waals surface area contributed by atoms with E-state index in [2.05, 4.69) is 5.32 Å². The molecule has 2 rings (SSSR count). The molecule has 0 radical (unpaired) electrons. The molecule has 1 amide bonds. The van der Waals surface area contributed by atoms with E-state index in [1.807, 2.05) is 19.1 Å². The predicted octanol–water partition coefficient (Wildman–Crippen LogP) is 2.91. The average molecular weight is 368 g/mol. The highest BCUT2D eigenvalue weighted by atomic mass is 16.6. The van der Waals surface area contributed by atoms with Crippen molar-refractivity contribution < 1.29 is 23.8 Å². The van der Waals surface area contributed by atoms with Gasteiger partial charge in [0.25, 0.3) is 5.91 Å². The molecule has 1 N–H and O–H groups in total. The molecule has 0 fully saturated rings. The van der Waals surface area contributed by atoms with Crippen molar-refractivity contribution in [3.05, 3.63) is 54.1 Å². The van der Waals surface area contributed by atoms with Gasteiger partial charge in [0.15, 0.2) is 24.7 Å². The van der Waals surface area contributed by atoms with Crippen LogP contribution in [0.1, 0.15) is 18.9 Å². The number of esters is 1. The maximum Gasteiger partial charge on any atom is 0.344 e. The number of rotatable bonds is 9. The molecule has 0 atom stereocenters. The molecule has 0 saturated heterocycles. The van der Waals surface area contributed by atoms with Gasteiger partial charge >= 0.3 is 5.97 Å². The smallest absolute Gasteiger partial charge is 0.344 e. The van der Waals surface area contributed by atoms with E-state index in [4.69, 9.17) is 19.5 Å². The number of hydrogen-bond acceptors (Lipinski definition) is 6. The van der Waals surface area contributed by atoms with Gasteiger partial charge in [0.1, 0.15) is 0 Å². The lowest BCUT2D eigenvalue weighted by Gasteiger charge is -2.12. The standard InChI is InChI=1S/C20H20N2O5/c1-2-11-25-17-5-3-4-6-18(17)26-14-20(24)27-13-19(23)22-16-9-7-15(12-21)8-10-16/h3-10H,2,11,13-14H2,1H3,(H,22,23). The van der Waals surface area contributed by atoms with Crippen molar-refractivity contribution in [3.8, 4) is 17.6 Å². The zero-order valence-electron chi connectivity index (χ0n) is 14.9. The van der Waals surface area contributed by atoms with Gasteiger partial charge in [-0.05, 0) is 42.8 Å². The number of hydrogen-bond donors (Lipinski definition) is 1. The normalized spacial score (nSPS) is 9.78. The van der Waals surface area contributed by atoms with Crippen molar-refractivity contribution in [2.24, 2.45) is 0 Å². The topological polar surface area (TPSA) is 97.7 Å². The van der Waals surface area contributed by atoms with Gasteiger partial charge in [0, 0.05) is 5.69 Å². The van der Waals surface area contributed by atoms with Crippen LogP contribution in [0.5, 0.6) is 11.5 Å². The van der Waals surface area contributed by atoms with Gasteiger partial charge in [0.2, 0.25) is 0 Å². The zero-order valence-corrected chi connectivity index (χ0v) is 14.9. The Bertz CT molecular complexity index is 812. The van der Waals surface area contributed by atoms with Crippen LogP contribution in [-0.4, -0.2) is 31.7 Å². The molecule has 0 aliphatic carbocycles. The number of nitrogens with zero attached hydrogens (tertiary/aromatic N) is 1. The fraction of sp³-hybridized carbons (Fsp3) is 0.250. The molecule has 0 aliphatic rings. The molecule has 0 bridgehead atoms. The Hall–Kier alpha value is -3.53. The SMILES string of the molecule is CCCOc1ccccc1OCC(=O)OCC(=O)Nc1ccc(C#N)cc1. The Labute approximate surface area is 157 Å². The van der Waals surface area contributed by atoms with Gasteiger partial charge in [-0.2, -0.15) is 5.26 Å². The number of benzene rings is 2. The van der Waals surface area contributed by atoms with Gasteiger partial charge in [-0.1, -0.05) is 19.1 Å². The van der Waals surface area contributed by atoms with Crippen LogP contribution in [0.4, 0.5) is 5.69 Å². The Kier molecular flexibility index (Phi) is 7.67. The van der Waals surface area contributed by atoms with Crippen LogP contribution in [0.2, 0.25) is 0 Å². The lowest BCUT2D eigenvalue weighted by Crippen LogP contribution is -2.23. The Balaban J connectivity index is 1.76. The summed E-state index contributed by atoms with van der Waals surface area (Å²) in [5.41, 5.74) is 0.994. The molecule has 7 nitrogen and oxygen atoms in total. The summed E-state index contributed by atoms with van der Waals surface area (Å²) in [4.78, 5) is 23.6. The molecule has 0 heterocycles. The van der Waals surface area contributed by atoms with Crippen molar-refractivity contribution in [2.45, 2.75) is 13.3 Å². The van der Waals surface area contributed by atoms with E-state index in [9.17, 15) is 9.59 Å². The summed E-state index contributed by atoms with van der Waals surface area (Å²) < 4.78 is 15.8. The number of nitrogens with one attached hydrogen (secondary N) is 1. The molecular weight excluding hydrogens is 348 g/mol. The number of carbonyl (C=O) groups is 2. The molecular formula is C20H20N2O5. The minimum Gasteiger partial charge on any atom is -0.490 e. The molecule has 140 valence electrons. The number of anilines is 1. The third-order valence-electron chi connectivity index (χ3n) is 3.32. The maximum atomic E-state index is 11.8. The maximum absolute atomic E-state index is 11.8. The number of para-hydroxylation sites is 2. The Morgan fingerprint density at radius 3 is 2.30 bits per heavy atom. The summed E-state index contributed by atoms with van der Waals surface area (Å²) in [5.74, 6) is -0.175. The monoisotopic (exact) mass is 368 g/mol. The summed E-state index contributed by atoms with van der Waals surface area (Å²) in [5, 5.41) is 11.3. The lowest BCUT2D eigenvalue weighted by molar-refractivity contribution is -0.149. The van der Waals surface area contributed by atoms with E-state index in [-0.39, 0.29) is 6.61 Å². The highest BCUT2D eigenvalue weighted by Gasteiger charge is 2.11. The van der Waals surface area contributed by atoms with Gasteiger partial charge in [-0.25, -0.2) is 4.79 Å². The van der Waals surface area contributed by atoms with Gasteiger partial charge in [-0.15, -0.1) is 0 Å². The van der Waals surface area contributed by atoms with Crippen LogP contribution in [0.3, 0.4) is 0 Å². The highest BCUT2D eigenvalue weighted by Crippen LogP contribution is 2.26. The summed E-state index contributed by atoms with van der Waals surface area (Å²) in [6.07, 6.45) is 0.852. The van der Waals surface area contributed by atoms with Crippen LogP contribution < -0.4 is 14.8 Å². The summed E-state index contributed by atoms with van der Waals surface area (Å²) >= 11 is 0. The quantitative estimate of drug-likeness (QED) is 0.684. The van der Waals surface area contributed by atoms with Crippen LogP contribution in [0, 0.1) is 11.3 Å². The molecule has 7 heteroatoms. The summed E-state index contributed by atoms with van der Waals surface area (Å²) in [6, 6.07) is 15.3. The first-order valence-electron chi connectivity index (χ1n) is 8.42. The molecule has 0 spiro atoms. The third-order valence-corrected chi connectivity index (χ3v) is 3.32. The first-order valence-corrected chi connectivity index (χ1v) is 8.42. The van der Waals surface area contributed by atoms with Crippen molar-refractivity contribution in [2.75, 3.05) is 25.1 Å². The predicted molar refractivity (Wildman–Crippen MR) is 98.5 cm³/mol. The minimum absolute atomic E-state index is 0.337. The van der Waals surface area contributed by atoms with Crippen molar-refractivity contribution in [3.63, 3.8) is 0 Å². The highest BCUT2D eigenvalue weighted by molar-refractivity contribution is 5.92. The number of nitriles is 1.